The van der Waals surface area contributed by atoms with Crippen molar-refractivity contribution in [2.45, 2.75) is 52.1 Å². The number of hydrogen-bond acceptors (Lipinski definition) is 3. The van der Waals surface area contributed by atoms with E-state index in [0.29, 0.717) is 24.5 Å². The van der Waals surface area contributed by atoms with Gasteiger partial charge in [0.25, 0.3) is 0 Å². The Kier molecular flexibility index (Phi) is 2.88. The molecule has 3 nitrogen and oxygen atoms in total. The topological polar surface area (TPSA) is 54.4 Å². The Balaban J connectivity index is 1.79. The Labute approximate surface area is 131 Å². The maximum atomic E-state index is 12.4. The molecule has 1 N–H and O–H groups in total. The van der Waals surface area contributed by atoms with Crippen LogP contribution in [0, 0.1) is 28.6 Å². The number of hydrogen-bond donors (Lipinski definition) is 1. The van der Waals surface area contributed by atoms with E-state index in [1.807, 2.05) is 6.08 Å². The summed E-state index contributed by atoms with van der Waals surface area (Å²) >= 11 is 0. The van der Waals surface area contributed by atoms with Crippen LogP contribution in [0.3, 0.4) is 0 Å². The van der Waals surface area contributed by atoms with Crippen molar-refractivity contribution in [2.75, 3.05) is 0 Å². The van der Waals surface area contributed by atoms with Crippen LogP contribution in [-0.2, 0) is 9.59 Å². The smallest absolute Gasteiger partial charge is 0.159 e. The summed E-state index contributed by atoms with van der Waals surface area (Å²) in [6.07, 6.45) is 9.11. The van der Waals surface area contributed by atoms with Gasteiger partial charge in [-0.1, -0.05) is 31.6 Å². The first kappa shape index (κ1) is 14.4. The zero-order valence-corrected chi connectivity index (χ0v) is 13.3. The Hall–Kier alpha value is -1.22. The quantitative estimate of drug-likeness (QED) is 0.700. The minimum atomic E-state index is -0.511. The van der Waals surface area contributed by atoms with Crippen molar-refractivity contribution in [3.63, 3.8) is 0 Å². The largest absolute Gasteiger partial charge is 0.389 e. The molecule has 0 aromatic heterocycles. The van der Waals surface area contributed by atoms with Crippen molar-refractivity contribution >= 4 is 11.6 Å². The molecule has 0 unspecified atom stereocenters. The number of Topliss-reactive ketones (excluding diaryl/α,β-unsaturated/α-hetero) is 1. The monoisotopic (exact) mass is 300 g/mol. The summed E-state index contributed by atoms with van der Waals surface area (Å²) in [4.78, 5) is 24.1. The number of fused-ring (bicyclic) bond motifs is 5. The fraction of sp³-hybridized carbons (Fsp3) is 0.684. The van der Waals surface area contributed by atoms with Gasteiger partial charge < -0.3 is 5.11 Å². The highest BCUT2D eigenvalue weighted by atomic mass is 16.3. The first-order valence-corrected chi connectivity index (χ1v) is 8.51. The second-order valence-electron chi connectivity index (χ2n) is 8.15. The molecule has 0 spiro atoms. The van der Waals surface area contributed by atoms with Crippen LogP contribution < -0.4 is 0 Å². The zero-order valence-electron chi connectivity index (χ0n) is 13.3. The van der Waals surface area contributed by atoms with Crippen molar-refractivity contribution in [3.05, 3.63) is 23.8 Å². The maximum Gasteiger partial charge on any atom is 0.159 e. The molecule has 0 aliphatic heterocycles. The third-order valence-corrected chi connectivity index (χ3v) is 7.25. The number of carbonyl (C=O) groups excluding carboxylic acids is 2. The predicted octanol–water partition coefficient (Wildman–Crippen LogP) is 2.83. The standard InChI is InChI=1S/C19H24O3/c1-18-7-5-12(20)9-11(18)10-15(21)17-13-3-4-16(22)19(13,2)8-6-14(17)18/h5,7,10,13-15,17,21H,3-4,6,8-9H2,1-2H3/t13-,14-,15-,17-,18-,19-/m0/s1. The van der Waals surface area contributed by atoms with Crippen molar-refractivity contribution in [2.24, 2.45) is 28.6 Å². The summed E-state index contributed by atoms with van der Waals surface area (Å²) in [6, 6.07) is 0. The number of ketones is 2. The molecule has 0 aromatic rings. The minimum absolute atomic E-state index is 0.120. The third-order valence-electron chi connectivity index (χ3n) is 7.25. The molecule has 0 heterocycles. The lowest BCUT2D eigenvalue weighted by atomic mass is 9.48. The second-order valence-corrected chi connectivity index (χ2v) is 8.15. The van der Waals surface area contributed by atoms with Gasteiger partial charge in [-0.2, -0.15) is 0 Å². The first-order chi connectivity index (χ1) is 10.4. The molecule has 0 aromatic carbocycles. The van der Waals surface area contributed by atoms with E-state index in [4.69, 9.17) is 0 Å². The Morgan fingerprint density at radius 3 is 2.73 bits per heavy atom. The van der Waals surface area contributed by atoms with Gasteiger partial charge in [0.2, 0.25) is 0 Å². The van der Waals surface area contributed by atoms with E-state index in [2.05, 4.69) is 19.9 Å². The summed E-state index contributed by atoms with van der Waals surface area (Å²) in [5.74, 6) is 1.30. The Bertz CT molecular complexity index is 616. The molecule has 2 saturated carbocycles. The summed E-state index contributed by atoms with van der Waals surface area (Å²) in [6.45, 7) is 4.32. The lowest BCUT2D eigenvalue weighted by Crippen LogP contribution is -2.53. The van der Waals surface area contributed by atoms with Gasteiger partial charge in [-0.15, -0.1) is 0 Å². The fourth-order valence-electron chi connectivity index (χ4n) is 5.87. The van der Waals surface area contributed by atoms with Gasteiger partial charge in [0, 0.05) is 23.7 Å². The predicted molar refractivity (Wildman–Crippen MR) is 83.0 cm³/mol. The molecule has 0 radical (unpaired) electrons. The van der Waals surface area contributed by atoms with E-state index in [-0.39, 0.29) is 28.4 Å². The van der Waals surface area contributed by atoms with Gasteiger partial charge in [0.1, 0.15) is 5.78 Å². The van der Waals surface area contributed by atoms with Crippen LogP contribution in [0.15, 0.2) is 23.8 Å². The number of carbonyl (C=O) groups is 2. The zero-order chi connectivity index (χ0) is 15.7. The lowest BCUT2D eigenvalue weighted by Gasteiger charge is -2.56. The molecule has 4 aliphatic rings. The van der Waals surface area contributed by atoms with Crippen molar-refractivity contribution in [1.82, 2.24) is 0 Å². The molecule has 6 atom stereocenters. The Morgan fingerprint density at radius 2 is 1.95 bits per heavy atom. The molecular weight excluding hydrogens is 276 g/mol. The molecule has 4 aliphatic carbocycles. The summed E-state index contributed by atoms with van der Waals surface area (Å²) in [5.41, 5.74) is 0.727. The van der Waals surface area contributed by atoms with Crippen LogP contribution in [0.4, 0.5) is 0 Å². The van der Waals surface area contributed by atoms with Crippen LogP contribution in [0.5, 0.6) is 0 Å². The van der Waals surface area contributed by atoms with Gasteiger partial charge in [-0.3, -0.25) is 9.59 Å². The van der Waals surface area contributed by atoms with Crippen LogP contribution in [0.2, 0.25) is 0 Å². The molecule has 0 saturated heterocycles. The van der Waals surface area contributed by atoms with E-state index in [1.54, 1.807) is 6.08 Å². The number of aliphatic hydroxyl groups is 1. The number of allylic oxidation sites excluding steroid dienone is 3. The van der Waals surface area contributed by atoms with E-state index in [0.717, 1.165) is 24.8 Å². The number of aliphatic hydroxyl groups excluding tert-OH is 1. The van der Waals surface area contributed by atoms with Gasteiger partial charge in [-0.25, -0.2) is 0 Å². The molecule has 0 bridgehead atoms. The second kappa shape index (κ2) is 4.41. The minimum Gasteiger partial charge on any atom is -0.389 e. The van der Waals surface area contributed by atoms with Crippen molar-refractivity contribution in [1.29, 1.82) is 0 Å². The third kappa shape index (κ3) is 1.66. The summed E-state index contributed by atoms with van der Waals surface area (Å²) in [7, 11) is 0. The normalized spacial score (nSPS) is 50.2. The number of rotatable bonds is 0. The first-order valence-electron chi connectivity index (χ1n) is 8.51. The molecule has 3 heteroatoms. The van der Waals surface area contributed by atoms with E-state index >= 15 is 0 Å². The summed E-state index contributed by atoms with van der Waals surface area (Å²) < 4.78 is 0. The molecule has 118 valence electrons. The van der Waals surface area contributed by atoms with E-state index < -0.39 is 6.10 Å². The maximum absolute atomic E-state index is 12.4. The molecule has 2 fully saturated rings. The van der Waals surface area contributed by atoms with Crippen LogP contribution in [-0.4, -0.2) is 22.8 Å². The fourth-order valence-corrected chi connectivity index (χ4v) is 5.87. The highest BCUT2D eigenvalue weighted by Gasteiger charge is 2.60. The van der Waals surface area contributed by atoms with Gasteiger partial charge in [0.15, 0.2) is 5.78 Å². The molecular formula is C19H24O3. The SMILES string of the molecule is C[C@]12C=CC(=O)CC1=C[C@H](O)[C@@H]1[C@@H]2CC[C@]2(C)C(=O)CC[C@@H]12. The highest BCUT2D eigenvalue weighted by Crippen LogP contribution is 2.62. The summed E-state index contributed by atoms with van der Waals surface area (Å²) in [5, 5.41) is 10.8. The van der Waals surface area contributed by atoms with Gasteiger partial charge in [0.05, 0.1) is 6.10 Å². The highest BCUT2D eigenvalue weighted by molar-refractivity contribution is 5.93. The van der Waals surface area contributed by atoms with E-state index in [9.17, 15) is 14.7 Å². The van der Waals surface area contributed by atoms with Crippen LogP contribution >= 0.6 is 0 Å². The van der Waals surface area contributed by atoms with Gasteiger partial charge in [-0.05, 0) is 43.1 Å². The molecule has 22 heavy (non-hydrogen) atoms. The van der Waals surface area contributed by atoms with Crippen molar-refractivity contribution < 1.29 is 14.7 Å². The lowest BCUT2D eigenvalue weighted by molar-refractivity contribution is -0.133. The average molecular weight is 300 g/mol. The van der Waals surface area contributed by atoms with Crippen LogP contribution in [0.25, 0.3) is 0 Å². The average Bonchev–Trinajstić information content (AvgIpc) is 2.77. The van der Waals surface area contributed by atoms with Crippen LogP contribution in [0.1, 0.15) is 46.0 Å². The van der Waals surface area contributed by atoms with Crippen molar-refractivity contribution in [3.8, 4) is 0 Å². The molecule has 4 rings (SSSR count). The Morgan fingerprint density at radius 1 is 1.18 bits per heavy atom. The van der Waals surface area contributed by atoms with E-state index in [1.165, 1.54) is 0 Å². The van der Waals surface area contributed by atoms with Gasteiger partial charge >= 0.3 is 0 Å². The molecule has 0 amide bonds.